The molecular formula is C39H37N3O4. The summed E-state index contributed by atoms with van der Waals surface area (Å²) in [6.07, 6.45) is 4.73. The number of hydrogen-bond donors (Lipinski definition) is 1. The van der Waals surface area contributed by atoms with Crippen molar-refractivity contribution in [2.24, 2.45) is 0 Å². The second-order valence-electron chi connectivity index (χ2n) is 11.2. The van der Waals surface area contributed by atoms with Gasteiger partial charge in [-0.25, -0.2) is 9.97 Å². The van der Waals surface area contributed by atoms with E-state index in [-0.39, 0.29) is 11.8 Å². The molecule has 7 nitrogen and oxygen atoms in total. The number of para-hydroxylation sites is 1. The van der Waals surface area contributed by atoms with E-state index in [1.807, 2.05) is 116 Å². The number of aromatic nitrogens is 2. The molecule has 0 amide bonds. The monoisotopic (exact) mass is 611 g/mol. The summed E-state index contributed by atoms with van der Waals surface area (Å²) < 4.78 is 17.9. The number of nitrogens with one attached hydrogen (secondary N) is 1. The van der Waals surface area contributed by atoms with Crippen molar-refractivity contribution in [2.75, 3.05) is 11.9 Å². The molecule has 0 aliphatic rings. The molecule has 0 aliphatic heterocycles. The van der Waals surface area contributed by atoms with E-state index >= 15 is 0 Å². The van der Waals surface area contributed by atoms with Crippen LogP contribution in [0.1, 0.15) is 63.9 Å². The number of rotatable bonds is 14. The molecule has 0 radical (unpaired) electrons. The van der Waals surface area contributed by atoms with Crippen molar-refractivity contribution in [3.8, 4) is 17.2 Å². The van der Waals surface area contributed by atoms with Gasteiger partial charge in [-0.2, -0.15) is 0 Å². The van der Waals surface area contributed by atoms with Crippen molar-refractivity contribution >= 4 is 11.5 Å². The number of ketones is 1. The normalized spacial score (nSPS) is 11.7. The van der Waals surface area contributed by atoms with Gasteiger partial charge in [0.15, 0.2) is 11.7 Å². The summed E-state index contributed by atoms with van der Waals surface area (Å²) in [4.78, 5) is 22.9. The largest absolute Gasteiger partial charge is 0.493 e. The van der Waals surface area contributed by atoms with Gasteiger partial charge in [-0.1, -0.05) is 86.1 Å². The minimum Gasteiger partial charge on any atom is -0.493 e. The van der Waals surface area contributed by atoms with Crippen molar-refractivity contribution in [2.45, 2.75) is 45.6 Å². The smallest absolute Gasteiger partial charge is 0.226 e. The second-order valence-corrected chi connectivity index (χ2v) is 11.2. The van der Waals surface area contributed by atoms with Gasteiger partial charge in [-0.15, -0.1) is 0 Å². The molecule has 46 heavy (non-hydrogen) atoms. The summed E-state index contributed by atoms with van der Waals surface area (Å²) in [6, 6.07) is 34.6. The molecule has 0 bridgehead atoms. The van der Waals surface area contributed by atoms with E-state index in [0.717, 1.165) is 52.6 Å². The van der Waals surface area contributed by atoms with Gasteiger partial charge in [-0.3, -0.25) is 4.79 Å². The Morgan fingerprint density at radius 1 is 0.848 bits per heavy atom. The van der Waals surface area contributed by atoms with Crippen LogP contribution in [0.5, 0.6) is 5.75 Å². The lowest BCUT2D eigenvalue weighted by atomic mass is 9.99. The molecule has 6 aromatic rings. The first-order valence-corrected chi connectivity index (χ1v) is 15.7. The maximum Gasteiger partial charge on any atom is 0.226 e. The molecule has 1 atom stereocenters. The first kappa shape index (κ1) is 30.6. The fourth-order valence-corrected chi connectivity index (χ4v) is 5.41. The minimum absolute atomic E-state index is 0.0363. The first-order valence-electron chi connectivity index (χ1n) is 15.7. The SMILES string of the molecule is CCCc1coc(C[C@H](Nc2ccccc2C(=O)c2ccccc2)c2ccc(OCCc3nc(-c4ccccc4)oc3C)cc2)n1. The van der Waals surface area contributed by atoms with Crippen LogP contribution in [-0.2, 0) is 19.3 Å². The minimum atomic E-state index is -0.207. The van der Waals surface area contributed by atoms with Gasteiger partial charge < -0.3 is 18.9 Å². The molecule has 0 fully saturated rings. The highest BCUT2D eigenvalue weighted by Crippen LogP contribution is 2.29. The lowest BCUT2D eigenvalue weighted by molar-refractivity contribution is 0.103. The maximum atomic E-state index is 13.5. The number of hydrogen-bond acceptors (Lipinski definition) is 7. The Bertz CT molecular complexity index is 1860. The zero-order chi connectivity index (χ0) is 31.7. The summed E-state index contributed by atoms with van der Waals surface area (Å²) in [5, 5.41) is 3.63. The molecule has 232 valence electrons. The molecule has 0 spiro atoms. The van der Waals surface area contributed by atoms with Gasteiger partial charge in [0.25, 0.3) is 0 Å². The highest BCUT2D eigenvalue weighted by molar-refractivity contribution is 6.12. The van der Waals surface area contributed by atoms with Crippen LogP contribution in [0.15, 0.2) is 124 Å². The van der Waals surface area contributed by atoms with E-state index in [0.29, 0.717) is 42.4 Å². The zero-order valence-corrected chi connectivity index (χ0v) is 26.1. The van der Waals surface area contributed by atoms with Crippen LogP contribution in [0, 0.1) is 6.92 Å². The van der Waals surface area contributed by atoms with Crippen molar-refractivity contribution in [1.82, 2.24) is 9.97 Å². The Kier molecular flexibility index (Phi) is 9.69. The number of carbonyl (C=O) groups is 1. The Balaban J connectivity index is 1.18. The Labute approximate surface area is 269 Å². The predicted octanol–water partition coefficient (Wildman–Crippen LogP) is 8.84. The third-order valence-electron chi connectivity index (χ3n) is 7.83. The number of ether oxygens (including phenoxy) is 1. The van der Waals surface area contributed by atoms with Crippen LogP contribution in [-0.4, -0.2) is 22.4 Å². The van der Waals surface area contributed by atoms with Crippen LogP contribution in [0.25, 0.3) is 11.5 Å². The summed E-state index contributed by atoms with van der Waals surface area (Å²) in [5.41, 5.74) is 5.80. The predicted molar refractivity (Wildman–Crippen MR) is 179 cm³/mol. The quantitative estimate of drug-likeness (QED) is 0.123. The van der Waals surface area contributed by atoms with Crippen LogP contribution < -0.4 is 10.1 Å². The number of carbonyl (C=O) groups excluding carboxylic acids is 1. The van der Waals surface area contributed by atoms with Gasteiger partial charge in [0.05, 0.1) is 24.0 Å². The highest BCUT2D eigenvalue weighted by Gasteiger charge is 2.20. The summed E-state index contributed by atoms with van der Waals surface area (Å²) in [6.45, 7) is 4.52. The molecule has 7 heteroatoms. The third kappa shape index (κ3) is 7.44. The molecule has 0 saturated heterocycles. The van der Waals surface area contributed by atoms with Crippen molar-refractivity contribution in [3.05, 3.63) is 155 Å². The molecular weight excluding hydrogens is 574 g/mol. The molecule has 2 aromatic heterocycles. The van der Waals surface area contributed by atoms with Crippen LogP contribution in [0.3, 0.4) is 0 Å². The fraction of sp³-hybridized carbons (Fsp3) is 0.205. The molecule has 0 saturated carbocycles. The molecule has 1 N–H and O–H groups in total. The Hall–Kier alpha value is -5.43. The lowest BCUT2D eigenvalue weighted by Gasteiger charge is -2.21. The Morgan fingerprint density at radius 3 is 2.33 bits per heavy atom. The fourth-order valence-electron chi connectivity index (χ4n) is 5.41. The van der Waals surface area contributed by atoms with E-state index in [4.69, 9.17) is 18.6 Å². The van der Waals surface area contributed by atoms with Crippen molar-refractivity contribution in [1.29, 1.82) is 0 Å². The standard InChI is InChI=1S/C39H37N3O4/c1-3-12-31-26-45-37(40-31)25-36(41-35-18-11-10-17-33(35)38(43)29-13-6-4-7-14-29)28-19-21-32(22-20-28)44-24-23-34-27(2)46-39(42-34)30-15-8-5-9-16-30/h4-11,13-22,26,36,41H,3,12,23-25H2,1-2H3/t36-/m0/s1. The van der Waals surface area contributed by atoms with Gasteiger partial charge in [0, 0.05) is 35.2 Å². The summed E-state index contributed by atoms with van der Waals surface area (Å²) in [7, 11) is 0. The van der Waals surface area contributed by atoms with Gasteiger partial charge in [0.1, 0.15) is 17.8 Å². The lowest BCUT2D eigenvalue weighted by Crippen LogP contribution is -2.16. The van der Waals surface area contributed by atoms with Crippen molar-refractivity contribution in [3.63, 3.8) is 0 Å². The second kappa shape index (κ2) is 14.6. The number of benzene rings is 4. The molecule has 0 aliphatic carbocycles. The Morgan fingerprint density at radius 2 is 1.57 bits per heavy atom. The van der Waals surface area contributed by atoms with Gasteiger partial charge in [-0.05, 0) is 55.3 Å². The molecule has 2 heterocycles. The van der Waals surface area contributed by atoms with Crippen LogP contribution in [0.2, 0.25) is 0 Å². The zero-order valence-electron chi connectivity index (χ0n) is 26.1. The van der Waals surface area contributed by atoms with Gasteiger partial charge >= 0.3 is 0 Å². The topological polar surface area (TPSA) is 90.4 Å². The summed E-state index contributed by atoms with van der Waals surface area (Å²) in [5.74, 6) is 2.78. The number of aryl methyl sites for hydroxylation is 2. The van der Waals surface area contributed by atoms with Crippen molar-refractivity contribution < 1.29 is 18.4 Å². The third-order valence-corrected chi connectivity index (χ3v) is 7.83. The molecule has 0 unspecified atom stereocenters. The average molecular weight is 612 g/mol. The van der Waals surface area contributed by atoms with Crippen LogP contribution in [0.4, 0.5) is 5.69 Å². The van der Waals surface area contributed by atoms with Crippen LogP contribution >= 0.6 is 0 Å². The first-order chi connectivity index (χ1) is 22.6. The molecule has 4 aromatic carbocycles. The molecule has 6 rings (SSSR count). The maximum absolute atomic E-state index is 13.5. The van der Waals surface area contributed by atoms with E-state index < -0.39 is 0 Å². The van der Waals surface area contributed by atoms with E-state index in [1.165, 1.54) is 0 Å². The number of nitrogens with zero attached hydrogens (tertiary/aromatic N) is 2. The van der Waals surface area contributed by atoms with Gasteiger partial charge in [0.2, 0.25) is 5.89 Å². The number of oxazole rings is 2. The average Bonchev–Trinajstić information content (AvgIpc) is 3.71. The highest BCUT2D eigenvalue weighted by atomic mass is 16.5. The number of anilines is 1. The van der Waals surface area contributed by atoms with E-state index in [1.54, 1.807) is 6.26 Å². The van der Waals surface area contributed by atoms with E-state index in [9.17, 15) is 4.79 Å². The van der Waals surface area contributed by atoms with E-state index in [2.05, 4.69) is 17.2 Å². The summed E-state index contributed by atoms with van der Waals surface area (Å²) >= 11 is 0.